The highest BCUT2D eigenvalue weighted by molar-refractivity contribution is 6.12. The van der Waals surface area contributed by atoms with Crippen LogP contribution in [0, 0.1) is 0 Å². The van der Waals surface area contributed by atoms with E-state index in [9.17, 15) is 4.79 Å². The molecule has 3 aromatic rings. The Morgan fingerprint density at radius 3 is 2.20 bits per heavy atom. The van der Waals surface area contributed by atoms with Crippen LogP contribution < -0.4 is 0 Å². The van der Waals surface area contributed by atoms with Gasteiger partial charge in [0.2, 0.25) is 0 Å². The molecule has 1 heterocycles. The summed E-state index contributed by atoms with van der Waals surface area (Å²) in [6.45, 7) is 0. The van der Waals surface area contributed by atoms with Crippen LogP contribution in [0.1, 0.15) is 54.1 Å². The molecular weight excluding hydrogens is 308 g/mol. The molecule has 0 atom stereocenters. The third-order valence-electron chi connectivity index (χ3n) is 5.04. The van der Waals surface area contributed by atoms with Gasteiger partial charge in [-0.25, -0.2) is 0 Å². The Hall–Kier alpha value is -2.68. The van der Waals surface area contributed by atoms with Gasteiger partial charge in [0.1, 0.15) is 0 Å². The number of nitrogens with zero attached hydrogens (tertiary/aromatic N) is 2. The molecule has 0 N–H and O–H groups in total. The normalized spacial score (nSPS) is 15.2. The van der Waals surface area contributed by atoms with E-state index in [1.54, 1.807) is 6.20 Å². The molecule has 1 aliphatic rings. The first-order valence-corrected chi connectivity index (χ1v) is 9.07. The summed E-state index contributed by atoms with van der Waals surface area (Å²) in [5.74, 6) is 0.0431. The van der Waals surface area contributed by atoms with E-state index < -0.39 is 0 Å². The molecule has 3 heteroatoms. The fraction of sp³-hybridized carbons (Fsp3) is 0.273. The van der Waals surface area contributed by atoms with E-state index in [-0.39, 0.29) is 5.78 Å². The van der Waals surface area contributed by atoms with E-state index in [0.717, 1.165) is 24.1 Å². The number of rotatable bonds is 4. The maximum Gasteiger partial charge on any atom is 0.196 e. The van der Waals surface area contributed by atoms with Crippen molar-refractivity contribution in [3.63, 3.8) is 0 Å². The number of carbonyl (C=O) groups excluding carboxylic acids is 1. The molecule has 1 saturated carbocycles. The van der Waals surface area contributed by atoms with Gasteiger partial charge in [0, 0.05) is 11.1 Å². The monoisotopic (exact) mass is 330 g/mol. The summed E-state index contributed by atoms with van der Waals surface area (Å²) in [5.41, 5.74) is 3.43. The van der Waals surface area contributed by atoms with Crippen LogP contribution >= 0.6 is 0 Å². The zero-order chi connectivity index (χ0) is 17.1. The molecule has 25 heavy (non-hydrogen) atoms. The summed E-state index contributed by atoms with van der Waals surface area (Å²) in [6.07, 6.45) is 7.81. The first kappa shape index (κ1) is 15.8. The van der Waals surface area contributed by atoms with Gasteiger partial charge in [-0.3, -0.25) is 9.48 Å². The van der Waals surface area contributed by atoms with Crippen molar-refractivity contribution >= 4 is 5.78 Å². The van der Waals surface area contributed by atoms with Crippen LogP contribution in [0.5, 0.6) is 0 Å². The van der Waals surface area contributed by atoms with Crippen molar-refractivity contribution in [2.75, 3.05) is 0 Å². The van der Waals surface area contributed by atoms with Gasteiger partial charge in [-0.1, -0.05) is 79.9 Å². The highest BCUT2D eigenvalue weighted by Gasteiger charge is 2.25. The third-order valence-corrected chi connectivity index (χ3v) is 5.04. The fourth-order valence-electron chi connectivity index (χ4n) is 3.76. The predicted octanol–water partition coefficient (Wildman–Crippen LogP) is 5.29. The maximum absolute atomic E-state index is 13.1. The van der Waals surface area contributed by atoms with Crippen LogP contribution in [0.15, 0.2) is 66.9 Å². The lowest BCUT2D eigenvalue weighted by Gasteiger charge is -2.24. The van der Waals surface area contributed by atoms with Crippen molar-refractivity contribution in [1.82, 2.24) is 9.78 Å². The van der Waals surface area contributed by atoms with Crippen LogP contribution in [-0.4, -0.2) is 15.6 Å². The summed E-state index contributed by atoms with van der Waals surface area (Å²) >= 11 is 0. The van der Waals surface area contributed by atoms with Gasteiger partial charge in [-0.15, -0.1) is 0 Å². The average molecular weight is 330 g/mol. The SMILES string of the molecule is O=C(c1ccccc1)c1cnn(C2CCCCC2)c1-c1ccccc1. The van der Waals surface area contributed by atoms with Crippen LogP contribution in [0.2, 0.25) is 0 Å². The Morgan fingerprint density at radius 2 is 1.52 bits per heavy atom. The van der Waals surface area contributed by atoms with Crippen molar-refractivity contribution in [1.29, 1.82) is 0 Å². The first-order valence-electron chi connectivity index (χ1n) is 9.07. The number of hydrogen-bond donors (Lipinski definition) is 0. The van der Waals surface area contributed by atoms with Gasteiger partial charge in [0.25, 0.3) is 0 Å². The summed E-state index contributed by atoms with van der Waals surface area (Å²) in [7, 11) is 0. The molecule has 1 aromatic heterocycles. The van der Waals surface area contributed by atoms with E-state index >= 15 is 0 Å². The van der Waals surface area contributed by atoms with E-state index in [1.165, 1.54) is 19.3 Å². The van der Waals surface area contributed by atoms with Crippen molar-refractivity contribution in [3.05, 3.63) is 78.0 Å². The van der Waals surface area contributed by atoms with Crippen molar-refractivity contribution in [3.8, 4) is 11.3 Å². The molecule has 0 unspecified atom stereocenters. The molecule has 2 aromatic carbocycles. The molecule has 126 valence electrons. The van der Waals surface area contributed by atoms with Crippen molar-refractivity contribution in [2.24, 2.45) is 0 Å². The molecular formula is C22H22N2O. The number of hydrogen-bond acceptors (Lipinski definition) is 2. The molecule has 1 fully saturated rings. The van der Waals surface area contributed by atoms with Crippen LogP contribution in [0.4, 0.5) is 0 Å². The number of ketones is 1. The van der Waals surface area contributed by atoms with Gasteiger partial charge < -0.3 is 0 Å². The first-order chi connectivity index (χ1) is 12.3. The Morgan fingerprint density at radius 1 is 0.880 bits per heavy atom. The van der Waals surface area contributed by atoms with Crippen LogP contribution in [0.3, 0.4) is 0 Å². The van der Waals surface area contributed by atoms with Gasteiger partial charge in [0.15, 0.2) is 5.78 Å². The second kappa shape index (κ2) is 7.06. The van der Waals surface area contributed by atoms with Gasteiger partial charge >= 0.3 is 0 Å². The number of carbonyl (C=O) groups is 1. The predicted molar refractivity (Wildman–Crippen MR) is 99.7 cm³/mol. The summed E-state index contributed by atoms with van der Waals surface area (Å²) in [6, 6.07) is 20.0. The van der Waals surface area contributed by atoms with E-state index in [1.807, 2.05) is 48.5 Å². The minimum atomic E-state index is 0.0431. The minimum Gasteiger partial charge on any atom is -0.288 e. The van der Waals surface area contributed by atoms with E-state index in [2.05, 4.69) is 21.9 Å². The van der Waals surface area contributed by atoms with Gasteiger partial charge in [-0.05, 0) is 12.8 Å². The lowest BCUT2D eigenvalue weighted by atomic mass is 9.94. The lowest BCUT2D eigenvalue weighted by Crippen LogP contribution is -2.16. The maximum atomic E-state index is 13.1. The fourth-order valence-corrected chi connectivity index (χ4v) is 3.76. The van der Waals surface area contributed by atoms with E-state index in [4.69, 9.17) is 0 Å². The Balaban J connectivity index is 1.82. The minimum absolute atomic E-state index is 0.0431. The van der Waals surface area contributed by atoms with Gasteiger partial charge in [-0.2, -0.15) is 5.10 Å². The quantitative estimate of drug-likeness (QED) is 0.610. The smallest absolute Gasteiger partial charge is 0.196 e. The highest BCUT2D eigenvalue weighted by Crippen LogP contribution is 2.34. The molecule has 1 aliphatic carbocycles. The van der Waals surface area contributed by atoms with Crippen LogP contribution in [0.25, 0.3) is 11.3 Å². The van der Waals surface area contributed by atoms with Crippen molar-refractivity contribution in [2.45, 2.75) is 38.1 Å². The molecule has 0 aliphatic heterocycles. The number of benzene rings is 2. The zero-order valence-corrected chi connectivity index (χ0v) is 14.3. The summed E-state index contributed by atoms with van der Waals surface area (Å²) in [4.78, 5) is 13.1. The molecule has 0 amide bonds. The second-order valence-corrected chi connectivity index (χ2v) is 6.70. The molecule has 0 radical (unpaired) electrons. The van der Waals surface area contributed by atoms with Crippen molar-refractivity contribution < 1.29 is 4.79 Å². The van der Waals surface area contributed by atoms with Gasteiger partial charge in [0.05, 0.1) is 23.5 Å². The average Bonchev–Trinajstić information content (AvgIpc) is 3.14. The molecule has 0 saturated heterocycles. The topological polar surface area (TPSA) is 34.9 Å². The molecule has 3 nitrogen and oxygen atoms in total. The van der Waals surface area contributed by atoms with E-state index in [0.29, 0.717) is 17.2 Å². The Labute approximate surface area is 148 Å². The summed E-state index contributed by atoms with van der Waals surface area (Å²) in [5, 5.41) is 4.66. The second-order valence-electron chi connectivity index (χ2n) is 6.70. The standard InChI is InChI=1S/C22H22N2O/c25-22(18-12-6-2-7-13-18)20-16-23-24(19-14-8-3-9-15-19)21(20)17-10-4-1-5-11-17/h1-2,4-7,10-13,16,19H,3,8-9,14-15H2. The highest BCUT2D eigenvalue weighted by atomic mass is 16.1. The Bertz CT molecular complexity index is 846. The third kappa shape index (κ3) is 3.14. The lowest BCUT2D eigenvalue weighted by molar-refractivity contribution is 0.103. The van der Waals surface area contributed by atoms with Crippen LogP contribution in [-0.2, 0) is 0 Å². The Kier molecular flexibility index (Phi) is 4.47. The molecule has 4 rings (SSSR count). The number of aromatic nitrogens is 2. The largest absolute Gasteiger partial charge is 0.288 e. The summed E-state index contributed by atoms with van der Waals surface area (Å²) < 4.78 is 2.10. The molecule has 0 spiro atoms. The molecule has 0 bridgehead atoms. The zero-order valence-electron chi connectivity index (χ0n) is 14.3.